The average molecular weight is 368 g/mol. The summed E-state index contributed by atoms with van der Waals surface area (Å²) in [6, 6.07) is 6.37. The average Bonchev–Trinajstić information content (AvgIpc) is 2.85. The molecule has 0 amide bonds. The lowest BCUT2D eigenvalue weighted by Crippen LogP contribution is -2.29. The van der Waals surface area contributed by atoms with E-state index < -0.39 is 0 Å². The Hall–Kier alpha value is -2.54. The summed E-state index contributed by atoms with van der Waals surface area (Å²) in [4.78, 5) is 12.1. The first-order chi connectivity index (χ1) is 13.2. The van der Waals surface area contributed by atoms with E-state index in [2.05, 4.69) is 17.1 Å². The lowest BCUT2D eigenvalue weighted by atomic mass is 10.2. The molecule has 0 atom stereocenters. The maximum Gasteiger partial charge on any atom is 0.168 e. The number of aromatic nitrogens is 4. The van der Waals surface area contributed by atoms with Crippen LogP contribution in [0.3, 0.4) is 0 Å². The highest BCUT2D eigenvalue weighted by Gasteiger charge is 2.22. The fourth-order valence-corrected chi connectivity index (χ4v) is 3.59. The maximum atomic E-state index is 13.4. The van der Waals surface area contributed by atoms with Crippen LogP contribution >= 0.6 is 0 Å². The van der Waals surface area contributed by atoms with Crippen LogP contribution in [0.25, 0.3) is 16.7 Å². The maximum absolute atomic E-state index is 13.4. The second-order valence-electron chi connectivity index (χ2n) is 6.98. The number of nitrogens with one attached hydrogen (secondary N) is 1. The molecule has 27 heavy (non-hydrogen) atoms. The quantitative estimate of drug-likeness (QED) is 0.767. The highest BCUT2D eigenvalue weighted by atomic mass is 19.1. The molecule has 0 radical (unpaired) electrons. The summed E-state index contributed by atoms with van der Waals surface area (Å²) >= 11 is 0. The summed E-state index contributed by atoms with van der Waals surface area (Å²) in [5, 5.41) is 9.15. The monoisotopic (exact) mass is 368 g/mol. The van der Waals surface area contributed by atoms with Crippen LogP contribution in [0.4, 0.5) is 10.2 Å². The van der Waals surface area contributed by atoms with Crippen molar-refractivity contribution in [1.82, 2.24) is 25.1 Å². The van der Waals surface area contributed by atoms with Crippen molar-refractivity contribution < 1.29 is 4.39 Å². The van der Waals surface area contributed by atoms with Gasteiger partial charge >= 0.3 is 0 Å². The molecule has 0 aliphatic carbocycles. The van der Waals surface area contributed by atoms with Gasteiger partial charge < -0.3 is 10.2 Å². The van der Waals surface area contributed by atoms with E-state index in [1.165, 1.54) is 12.1 Å². The summed E-state index contributed by atoms with van der Waals surface area (Å²) in [6.45, 7) is 7.97. The number of nitrogens with zero attached hydrogens (tertiary/aromatic N) is 5. The van der Waals surface area contributed by atoms with Gasteiger partial charge in [0.15, 0.2) is 5.65 Å². The first-order valence-electron chi connectivity index (χ1n) is 9.65. The van der Waals surface area contributed by atoms with Gasteiger partial charge in [0, 0.05) is 26.1 Å². The molecule has 6 nitrogen and oxygen atoms in total. The number of fused-ring (bicyclic) bond motifs is 1. The first kappa shape index (κ1) is 17.9. The first-order valence-corrected chi connectivity index (χ1v) is 9.65. The zero-order valence-corrected chi connectivity index (χ0v) is 15.9. The van der Waals surface area contributed by atoms with E-state index in [0.29, 0.717) is 0 Å². The van der Waals surface area contributed by atoms with Crippen molar-refractivity contribution in [2.24, 2.45) is 0 Å². The summed E-state index contributed by atoms with van der Waals surface area (Å²) in [5.41, 5.74) is 2.49. The number of anilines is 1. The van der Waals surface area contributed by atoms with E-state index in [1.807, 2.05) is 11.6 Å². The van der Waals surface area contributed by atoms with Crippen LogP contribution in [0, 0.1) is 12.7 Å². The number of halogens is 1. The Kier molecular flexibility index (Phi) is 5.03. The van der Waals surface area contributed by atoms with Crippen molar-refractivity contribution in [3.05, 3.63) is 41.6 Å². The number of hydrogen-bond donors (Lipinski definition) is 1. The largest absolute Gasteiger partial charge is 0.355 e. The van der Waals surface area contributed by atoms with Crippen molar-refractivity contribution in [3.63, 3.8) is 0 Å². The summed E-state index contributed by atoms with van der Waals surface area (Å²) in [6.07, 6.45) is 2.89. The Morgan fingerprint density at radius 1 is 1.11 bits per heavy atom. The van der Waals surface area contributed by atoms with Gasteiger partial charge in [-0.2, -0.15) is 5.10 Å². The molecule has 1 aromatic carbocycles. The molecule has 0 unspecified atom stereocenters. The van der Waals surface area contributed by atoms with E-state index in [1.54, 1.807) is 12.1 Å². The molecule has 1 saturated heterocycles. The standard InChI is InChI=1S/C20H25FN6/c1-3-5-17-23-19(26-12-4-10-22-11-13-26)18-14(2)25-27(20(18)24-17)16-8-6-15(21)7-9-16/h6-9,22H,3-5,10-13H2,1-2H3. The van der Waals surface area contributed by atoms with Crippen LogP contribution < -0.4 is 10.2 Å². The topological polar surface area (TPSA) is 58.9 Å². The third kappa shape index (κ3) is 3.51. The predicted octanol–water partition coefficient (Wildman–Crippen LogP) is 3.02. The minimum absolute atomic E-state index is 0.258. The molecule has 7 heteroatoms. The molecule has 0 bridgehead atoms. The Labute approximate surface area is 158 Å². The van der Waals surface area contributed by atoms with Crippen molar-refractivity contribution in [3.8, 4) is 5.69 Å². The second-order valence-corrected chi connectivity index (χ2v) is 6.98. The van der Waals surface area contributed by atoms with E-state index in [-0.39, 0.29) is 5.82 Å². The second kappa shape index (κ2) is 7.60. The van der Waals surface area contributed by atoms with Crippen molar-refractivity contribution in [2.45, 2.75) is 33.1 Å². The SMILES string of the molecule is CCCc1nc(N2CCCNCC2)c2c(C)nn(-c3ccc(F)cc3)c2n1. The lowest BCUT2D eigenvalue weighted by Gasteiger charge is -2.22. The Balaban J connectivity index is 1.90. The van der Waals surface area contributed by atoms with Crippen LogP contribution in [-0.4, -0.2) is 45.9 Å². The molecule has 0 spiro atoms. The number of hydrogen-bond acceptors (Lipinski definition) is 5. The van der Waals surface area contributed by atoms with Crippen molar-refractivity contribution >= 4 is 16.9 Å². The van der Waals surface area contributed by atoms with Gasteiger partial charge in [0.2, 0.25) is 0 Å². The minimum atomic E-state index is -0.258. The number of benzene rings is 1. The van der Waals surface area contributed by atoms with Crippen LogP contribution in [0.15, 0.2) is 24.3 Å². The number of rotatable bonds is 4. The molecule has 1 aliphatic heterocycles. The molecule has 1 aliphatic rings. The Morgan fingerprint density at radius 3 is 2.70 bits per heavy atom. The lowest BCUT2D eigenvalue weighted by molar-refractivity contribution is 0.627. The third-order valence-corrected chi connectivity index (χ3v) is 4.91. The van der Waals surface area contributed by atoms with Gasteiger partial charge in [-0.3, -0.25) is 0 Å². The predicted molar refractivity (Wildman–Crippen MR) is 105 cm³/mol. The molecule has 3 heterocycles. The molecule has 4 rings (SSSR count). The Morgan fingerprint density at radius 2 is 1.93 bits per heavy atom. The van der Waals surface area contributed by atoms with Gasteiger partial charge in [-0.05, 0) is 50.6 Å². The van der Waals surface area contributed by atoms with Gasteiger partial charge in [-0.15, -0.1) is 0 Å². The molecule has 142 valence electrons. The van der Waals surface area contributed by atoms with Gasteiger partial charge in [0.25, 0.3) is 0 Å². The fraction of sp³-hybridized carbons (Fsp3) is 0.450. The van der Waals surface area contributed by atoms with Crippen molar-refractivity contribution in [1.29, 1.82) is 0 Å². The summed E-state index contributed by atoms with van der Waals surface area (Å²) in [7, 11) is 0. The molecular formula is C20H25FN6. The van der Waals surface area contributed by atoms with E-state index in [4.69, 9.17) is 15.1 Å². The third-order valence-electron chi connectivity index (χ3n) is 4.91. The van der Waals surface area contributed by atoms with Gasteiger partial charge in [-0.25, -0.2) is 19.0 Å². The summed E-state index contributed by atoms with van der Waals surface area (Å²) in [5.74, 6) is 1.55. The van der Waals surface area contributed by atoms with E-state index >= 15 is 0 Å². The van der Waals surface area contributed by atoms with Gasteiger partial charge in [0.05, 0.1) is 16.8 Å². The highest BCUT2D eigenvalue weighted by Crippen LogP contribution is 2.29. The van der Waals surface area contributed by atoms with E-state index in [9.17, 15) is 4.39 Å². The Bertz CT molecular complexity index is 926. The molecule has 1 N–H and O–H groups in total. The smallest absolute Gasteiger partial charge is 0.168 e. The van der Waals surface area contributed by atoms with Crippen LogP contribution in [0.5, 0.6) is 0 Å². The molecular weight excluding hydrogens is 343 g/mol. The minimum Gasteiger partial charge on any atom is -0.355 e. The molecule has 2 aromatic heterocycles. The normalized spacial score (nSPS) is 15.3. The molecule has 3 aromatic rings. The zero-order valence-electron chi connectivity index (χ0n) is 15.9. The van der Waals surface area contributed by atoms with Crippen LogP contribution in [-0.2, 0) is 6.42 Å². The van der Waals surface area contributed by atoms with Gasteiger partial charge in [0.1, 0.15) is 17.5 Å². The van der Waals surface area contributed by atoms with Crippen molar-refractivity contribution in [2.75, 3.05) is 31.1 Å². The molecule has 1 fully saturated rings. The zero-order chi connectivity index (χ0) is 18.8. The van der Waals surface area contributed by atoms with E-state index in [0.717, 1.165) is 79.5 Å². The van der Waals surface area contributed by atoms with Gasteiger partial charge in [-0.1, -0.05) is 6.92 Å². The number of aryl methyl sites for hydroxylation is 2. The highest BCUT2D eigenvalue weighted by molar-refractivity contribution is 5.91. The summed E-state index contributed by atoms with van der Waals surface area (Å²) < 4.78 is 15.2. The van der Waals surface area contributed by atoms with Crippen LogP contribution in [0.1, 0.15) is 31.3 Å². The fourth-order valence-electron chi connectivity index (χ4n) is 3.59. The molecule has 0 saturated carbocycles. The van der Waals surface area contributed by atoms with Crippen LogP contribution in [0.2, 0.25) is 0 Å².